The van der Waals surface area contributed by atoms with E-state index in [-0.39, 0.29) is 28.2 Å². The van der Waals surface area contributed by atoms with Crippen molar-refractivity contribution in [1.29, 1.82) is 0 Å². The van der Waals surface area contributed by atoms with E-state index in [1.54, 1.807) is 13.0 Å². The lowest BCUT2D eigenvalue weighted by molar-refractivity contribution is 0.270. The Hall–Kier alpha value is -1.32. The van der Waals surface area contributed by atoms with Gasteiger partial charge in [0.05, 0.1) is 25.7 Å². The molecule has 1 aliphatic rings. The Bertz CT molecular complexity index is 819. The summed E-state index contributed by atoms with van der Waals surface area (Å²) in [7, 11) is -4.32. The Kier molecular flexibility index (Phi) is 6.01. The van der Waals surface area contributed by atoms with E-state index in [1.807, 2.05) is 6.92 Å². The second kappa shape index (κ2) is 7.51. The van der Waals surface area contributed by atoms with Crippen LogP contribution in [0.15, 0.2) is 23.1 Å². The zero-order valence-corrected chi connectivity index (χ0v) is 16.6. The highest BCUT2D eigenvalue weighted by molar-refractivity contribution is 7.92. The second-order valence-electron chi connectivity index (χ2n) is 6.17. The Morgan fingerprint density at radius 3 is 2.44 bits per heavy atom. The molecule has 1 aliphatic heterocycles. The van der Waals surface area contributed by atoms with Gasteiger partial charge in [-0.15, -0.1) is 0 Å². The summed E-state index contributed by atoms with van der Waals surface area (Å²) in [6.45, 7) is 3.66. The van der Waals surface area contributed by atoms with Gasteiger partial charge in [0.25, 0.3) is 0 Å². The molecule has 0 saturated carbocycles. The van der Waals surface area contributed by atoms with Crippen LogP contribution < -0.4 is 9.47 Å². The van der Waals surface area contributed by atoms with Gasteiger partial charge in [-0.05, 0) is 31.9 Å². The van der Waals surface area contributed by atoms with Gasteiger partial charge < -0.3 is 9.47 Å². The van der Waals surface area contributed by atoms with Gasteiger partial charge in [0.15, 0.2) is 9.84 Å². The molecule has 0 unspecified atom stereocenters. The first-order valence-electron chi connectivity index (χ1n) is 8.12. The van der Waals surface area contributed by atoms with Gasteiger partial charge >= 0.3 is 0 Å². The van der Waals surface area contributed by atoms with Crippen LogP contribution in [0.3, 0.4) is 0 Å². The molecule has 142 valence electrons. The molecule has 1 aromatic rings. The molecule has 0 spiro atoms. The first-order valence-corrected chi connectivity index (χ1v) is 11.4. The van der Waals surface area contributed by atoms with Gasteiger partial charge in [0.1, 0.15) is 16.4 Å². The molecule has 0 aromatic heterocycles. The minimum Gasteiger partial charge on any atom is -0.497 e. The minimum absolute atomic E-state index is 0.00929. The van der Waals surface area contributed by atoms with Crippen LogP contribution >= 0.6 is 0 Å². The molecule has 7 nitrogen and oxygen atoms in total. The number of methoxy groups -OCH3 is 2. The van der Waals surface area contributed by atoms with E-state index in [0.717, 1.165) is 0 Å². The zero-order chi connectivity index (χ0) is 18.8. The number of ether oxygens (including phenoxy) is 2. The highest BCUT2D eigenvalue weighted by atomic mass is 32.2. The molecule has 0 N–H and O–H groups in total. The number of rotatable bonds is 7. The number of hydrogen-bond donors (Lipinski definition) is 0. The van der Waals surface area contributed by atoms with Crippen LogP contribution in [0.25, 0.3) is 0 Å². The summed E-state index contributed by atoms with van der Waals surface area (Å²) in [5.41, 5.74) is 0. The van der Waals surface area contributed by atoms with E-state index in [0.29, 0.717) is 18.6 Å². The predicted molar refractivity (Wildman–Crippen MR) is 95.4 cm³/mol. The summed E-state index contributed by atoms with van der Waals surface area (Å²) < 4.78 is 62.2. The Balaban J connectivity index is 2.56. The average molecular weight is 392 g/mol. The third-order valence-corrected chi connectivity index (χ3v) is 8.36. The van der Waals surface area contributed by atoms with Crippen LogP contribution in [0, 0.1) is 0 Å². The smallest absolute Gasteiger partial charge is 0.247 e. The van der Waals surface area contributed by atoms with Crippen LogP contribution in [0.1, 0.15) is 26.7 Å². The summed E-state index contributed by atoms with van der Waals surface area (Å²) in [5.74, 6) is 0.454. The molecular weight excluding hydrogens is 366 g/mol. The molecule has 1 fully saturated rings. The summed E-state index contributed by atoms with van der Waals surface area (Å²) in [4.78, 5) is -0.0149. The third kappa shape index (κ3) is 4.09. The molecule has 0 radical (unpaired) electrons. The molecule has 9 heteroatoms. The van der Waals surface area contributed by atoms with Gasteiger partial charge in [0.2, 0.25) is 10.0 Å². The molecule has 1 aromatic carbocycles. The monoisotopic (exact) mass is 391 g/mol. The summed E-state index contributed by atoms with van der Waals surface area (Å²) in [5, 5.41) is 0. The second-order valence-corrected chi connectivity index (χ2v) is 10.2. The molecular formula is C16H25NO6S2. The number of sulfonamides is 1. The van der Waals surface area contributed by atoms with Gasteiger partial charge in [-0.25, -0.2) is 16.8 Å². The van der Waals surface area contributed by atoms with Crippen molar-refractivity contribution in [2.75, 3.05) is 25.7 Å². The molecule has 2 atom stereocenters. The third-order valence-electron chi connectivity index (χ3n) is 4.52. The summed E-state index contributed by atoms with van der Waals surface area (Å²) >= 11 is 0. The topological polar surface area (TPSA) is 90.0 Å². The fraction of sp³-hybridized carbons (Fsp3) is 0.625. The Morgan fingerprint density at radius 2 is 1.96 bits per heavy atom. The van der Waals surface area contributed by atoms with Crippen molar-refractivity contribution in [1.82, 2.24) is 4.31 Å². The normalized spacial score (nSPS) is 21.2. The molecule has 25 heavy (non-hydrogen) atoms. The first kappa shape index (κ1) is 20.0. The van der Waals surface area contributed by atoms with E-state index in [4.69, 9.17) is 9.47 Å². The highest BCUT2D eigenvalue weighted by Gasteiger charge is 2.42. The largest absolute Gasteiger partial charge is 0.497 e. The van der Waals surface area contributed by atoms with Crippen molar-refractivity contribution in [3.63, 3.8) is 0 Å². The van der Waals surface area contributed by atoms with Gasteiger partial charge in [-0.2, -0.15) is 4.31 Å². The van der Waals surface area contributed by atoms with Crippen LogP contribution in [0.5, 0.6) is 11.5 Å². The lowest BCUT2D eigenvalue weighted by Gasteiger charge is -2.32. The maximum atomic E-state index is 13.4. The van der Waals surface area contributed by atoms with Crippen molar-refractivity contribution >= 4 is 19.9 Å². The maximum absolute atomic E-state index is 13.4. The van der Waals surface area contributed by atoms with E-state index < -0.39 is 25.9 Å². The zero-order valence-electron chi connectivity index (χ0n) is 14.9. The number of nitrogens with zero attached hydrogens (tertiary/aromatic N) is 1. The standard InChI is InChI=1S/C16H25NO6S2/c1-5-12(2)17(13-8-9-24(18,19)11-13)25(20,21)16-10-14(22-3)6-7-15(16)23-4/h6-7,10,12-13H,5,8-9,11H2,1-4H3/t12-,13-/m1/s1. The highest BCUT2D eigenvalue weighted by Crippen LogP contribution is 2.34. The van der Waals surface area contributed by atoms with Gasteiger partial charge in [-0.3, -0.25) is 0 Å². The molecule has 2 rings (SSSR count). The lowest BCUT2D eigenvalue weighted by atomic mass is 10.2. The van der Waals surface area contributed by atoms with Crippen LogP contribution in [0.2, 0.25) is 0 Å². The Morgan fingerprint density at radius 1 is 1.28 bits per heavy atom. The summed E-state index contributed by atoms with van der Waals surface area (Å²) in [6, 6.07) is 3.66. The van der Waals surface area contributed by atoms with Gasteiger partial charge in [-0.1, -0.05) is 6.92 Å². The average Bonchev–Trinajstić information content (AvgIpc) is 2.93. The lowest BCUT2D eigenvalue weighted by Crippen LogP contribution is -2.46. The van der Waals surface area contributed by atoms with E-state index in [1.165, 1.54) is 30.7 Å². The quantitative estimate of drug-likeness (QED) is 0.702. The van der Waals surface area contributed by atoms with E-state index in [9.17, 15) is 16.8 Å². The SMILES string of the molecule is CC[C@@H](C)N([C@@H]1CCS(=O)(=O)C1)S(=O)(=O)c1cc(OC)ccc1OC. The van der Waals surface area contributed by atoms with Crippen molar-refractivity contribution in [2.24, 2.45) is 0 Å². The molecule has 0 aliphatic carbocycles. The molecule has 1 saturated heterocycles. The van der Waals surface area contributed by atoms with E-state index in [2.05, 4.69) is 0 Å². The fourth-order valence-electron chi connectivity index (χ4n) is 3.05. The molecule has 0 bridgehead atoms. The van der Waals surface area contributed by atoms with Gasteiger partial charge in [0, 0.05) is 18.2 Å². The first-order chi connectivity index (χ1) is 11.7. The van der Waals surface area contributed by atoms with Crippen LogP contribution in [0.4, 0.5) is 0 Å². The van der Waals surface area contributed by atoms with E-state index >= 15 is 0 Å². The van der Waals surface area contributed by atoms with Crippen LogP contribution in [-0.4, -0.2) is 58.9 Å². The minimum atomic E-state index is -3.96. The van der Waals surface area contributed by atoms with Crippen molar-refractivity contribution in [2.45, 2.75) is 43.7 Å². The van der Waals surface area contributed by atoms with Crippen molar-refractivity contribution in [3.05, 3.63) is 18.2 Å². The predicted octanol–water partition coefficient (Wildman–Crippen LogP) is 1.68. The maximum Gasteiger partial charge on any atom is 0.247 e. The fourth-order valence-corrected chi connectivity index (χ4v) is 6.95. The molecule has 0 amide bonds. The van der Waals surface area contributed by atoms with Crippen molar-refractivity contribution < 1.29 is 26.3 Å². The van der Waals surface area contributed by atoms with Crippen molar-refractivity contribution in [3.8, 4) is 11.5 Å². The molecule has 1 heterocycles. The Labute approximate surface area is 149 Å². The number of sulfone groups is 1. The summed E-state index contributed by atoms with van der Waals surface area (Å²) in [6.07, 6.45) is 0.875. The number of benzene rings is 1. The van der Waals surface area contributed by atoms with Crippen LogP contribution in [-0.2, 0) is 19.9 Å². The number of hydrogen-bond acceptors (Lipinski definition) is 6.